The summed E-state index contributed by atoms with van der Waals surface area (Å²) in [5, 5.41) is 32.0. The number of rotatable bonds is 2. The molecule has 0 aromatic carbocycles. The lowest BCUT2D eigenvalue weighted by atomic mass is 10.1. The third-order valence-corrected chi connectivity index (χ3v) is 3.41. The number of carbonyl (C=O) groups is 2. The summed E-state index contributed by atoms with van der Waals surface area (Å²) in [6.07, 6.45) is 3.45. The van der Waals surface area contributed by atoms with Gasteiger partial charge in [0, 0.05) is 25.3 Å². The SMILES string of the molecule is NC1CCOC(CO)C1.NC1CCOC(CO)C1.O=C(O)C(=O)O. The number of hydrogen-bond donors (Lipinski definition) is 6. The van der Waals surface area contributed by atoms with Gasteiger partial charge < -0.3 is 41.4 Å². The second-order valence-electron chi connectivity index (χ2n) is 5.53. The van der Waals surface area contributed by atoms with Crippen LogP contribution in [0.1, 0.15) is 25.7 Å². The van der Waals surface area contributed by atoms with Crippen molar-refractivity contribution in [3.63, 3.8) is 0 Å². The molecule has 10 heteroatoms. The lowest BCUT2D eigenvalue weighted by Crippen LogP contribution is -2.36. The average molecular weight is 352 g/mol. The van der Waals surface area contributed by atoms with Crippen molar-refractivity contribution in [3.8, 4) is 0 Å². The van der Waals surface area contributed by atoms with Crippen LogP contribution in [0.3, 0.4) is 0 Å². The summed E-state index contributed by atoms with van der Waals surface area (Å²) in [6, 6.07) is 0.465. The first-order valence-electron chi connectivity index (χ1n) is 7.72. The molecule has 0 saturated carbocycles. The average Bonchev–Trinajstić information content (AvgIpc) is 2.55. The lowest BCUT2D eigenvalue weighted by Gasteiger charge is -2.25. The summed E-state index contributed by atoms with van der Waals surface area (Å²) in [4.78, 5) is 18.2. The molecule has 2 rings (SSSR count). The standard InChI is InChI=1S/2C6H13NO2.C2H2O4/c2*7-5-1-2-9-6(3-5)4-8;3-1(4)2(5)6/h2*5-6,8H,1-4,7H2;(H,3,4)(H,5,6). The van der Waals surface area contributed by atoms with Crippen LogP contribution in [0.4, 0.5) is 0 Å². The van der Waals surface area contributed by atoms with Crippen molar-refractivity contribution < 1.29 is 39.5 Å². The van der Waals surface area contributed by atoms with Crippen LogP contribution in [0.15, 0.2) is 0 Å². The fourth-order valence-electron chi connectivity index (χ4n) is 2.07. The summed E-state index contributed by atoms with van der Waals surface area (Å²) < 4.78 is 10.3. The molecule has 2 aliphatic rings. The highest BCUT2D eigenvalue weighted by Crippen LogP contribution is 2.11. The van der Waals surface area contributed by atoms with Gasteiger partial charge >= 0.3 is 11.9 Å². The molecule has 10 nitrogen and oxygen atoms in total. The molecule has 0 bridgehead atoms. The van der Waals surface area contributed by atoms with E-state index in [1.807, 2.05) is 0 Å². The van der Waals surface area contributed by atoms with E-state index in [1.54, 1.807) is 0 Å². The van der Waals surface area contributed by atoms with E-state index < -0.39 is 11.9 Å². The van der Waals surface area contributed by atoms with Crippen LogP contribution >= 0.6 is 0 Å². The first-order chi connectivity index (χ1) is 11.3. The molecule has 0 spiro atoms. The van der Waals surface area contributed by atoms with E-state index in [1.165, 1.54) is 0 Å². The summed E-state index contributed by atoms with van der Waals surface area (Å²) >= 11 is 0. The number of carboxylic acid groups (broad SMARTS) is 2. The first kappa shape index (κ1) is 22.7. The van der Waals surface area contributed by atoms with Gasteiger partial charge in [-0.15, -0.1) is 0 Å². The molecule has 2 fully saturated rings. The van der Waals surface area contributed by atoms with E-state index in [2.05, 4.69) is 0 Å². The number of hydrogen-bond acceptors (Lipinski definition) is 8. The summed E-state index contributed by atoms with van der Waals surface area (Å²) in [6.45, 7) is 1.61. The van der Waals surface area contributed by atoms with Gasteiger partial charge in [-0.1, -0.05) is 0 Å². The van der Waals surface area contributed by atoms with Crippen LogP contribution in [0.2, 0.25) is 0 Å². The number of aliphatic hydroxyl groups is 2. The fourth-order valence-corrected chi connectivity index (χ4v) is 2.07. The van der Waals surface area contributed by atoms with E-state index in [-0.39, 0.29) is 37.5 Å². The van der Waals surface area contributed by atoms with Crippen LogP contribution in [-0.2, 0) is 19.1 Å². The van der Waals surface area contributed by atoms with Crippen molar-refractivity contribution >= 4 is 11.9 Å². The third-order valence-electron chi connectivity index (χ3n) is 3.41. The maximum absolute atomic E-state index is 9.10. The Morgan fingerprint density at radius 3 is 1.33 bits per heavy atom. The van der Waals surface area contributed by atoms with Crippen LogP contribution in [0, 0.1) is 0 Å². The maximum atomic E-state index is 9.10. The van der Waals surface area contributed by atoms with Gasteiger partial charge in [0.1, 0.15) is 0 Å². The van der Waals surface area contributed by atoms with Crippen molar-refractivity contribution in [2.45, 2.75) is 50.0 Å². The van der Waals surface area contributed by atoms with Gasteiger partial charge in [0.2, 0.25) is 0 Å². The Hall–Kier alpha value is -1.30. The molecule has 2 aliphatic heterocycles. The first-order valence-corrected chi connectivity index (χ1v) is 7.72. The van der Waals surface area contributed by atoms with E-state index in [0.717, 1.165) is 25.7 Å². The predicted molar refractivity (Wildman–Crippen MR) is 83.3 cm³/mol. The zero-order valence-corrected chi connectivity index (χ0v) is 13.5. The largest absolute Gasteiger partial charge is 0.473 e. The topological polar surface area (TPSA) is 186 Å². The minimum Gasteiger partial charge on any atom is -0.473 e. The number of aliphatic hydroxyl groups excluding tert-OH is 2. The zero-order valence-electron chi connectivity index (χ0n) is 13.5. The Morgan fingerprint density at radius 1 is 0.833 bits per heavy atom. The molecule has 142 valence electrons. The van der Waals surface area contributed by atoms with Crippen molar-refractivity contribution in [1.29, 1.82) is 0 Å². The van der Waals surface area contributed by atoms with Gasteiger partial charge in [-0.3, -0.25) is 0 Å². The molecule has 0 aliphatic carbocycles. The highest BCUT2D eigenvalue weighted by molar-refractivity contribution is 6.27. The van der Waals surface area contributed by atoms with Crippen LogP contribution < -0.4 is 11.5 Å². The molecule has 2 heterocycles. The zero-order chi connectivity index (χ0) is 18.5. The summed E-state index contributed by atoms with van der Waals surface area (Å²) in [5.74, 6) is -3.65. The molecular formula is C14H28N2O8. The van der Waals surface area contributed by atoms with E-state index in [4.69, 9.17) is 51.0 Å². The Kier molecular flexibility index (Phi) is 12.3. The summed E-state index contributed by atoms with van der Waals surface area (Å²) in [7, 11) is 0. The van der Waals surface area contributed by atoms with Gasteiger partial charge in [-0.05, 0) is 25.7 Å². The van der Waals surface area contributed by atoms with E-state index >= 15 is 0 Å². The highest BCUT2D eigenvalue weighted by Gasteiger charge is 2.18. The minimum absolute atomic E-state index is 0.00579. The predicted octanol–water partition coefficient (Wildman–Crippen LogP) is -1.87. The van der Waals surface area contributed by atoms with Gasteiger partial charge in [0.15, 0.2) is 0 Å². The van der Waals surface area contributed by atoms with Gasteiger partial charge in [0.05, 0.1) is 25.4 Å². The smallest absolute Gasteiger partial charge is 0.414 e. The third kappa shape index (κ3) is 11.3. The normalized spacial score (nSPS) is 29.3. The van der Waals surface area contributed by atoms with Crippen LogP contribution in [0.5, 0.6) is 0 Å². The van der Waals surface area contributed by atoms with E-state index in [9.17, 15) is 0 Å². The minimum atomic E-state index is -1.82. The van der Waals surface area contributed by atoms with Gasteiger partial charge in [-0.2, -0.15) is 0 Å². The molecule has 8 N–H and O–H groups in total. The van der Waals surface area contributed by atoms with Crippen LogP contribution in [-0.4, -0.2) is 83.1 Å². The molecule has 0 amide bonds. The van der Waals surface area contributed by atoms with Crippen LogP contribution in [0.25, 0.3) is 0 Å². The van der Waals surface area contributed by atoms with Crippen molar-refractivity contribution in [3.05, 3.63) is 0 Å². The molecule has 0 aromatic rings. The van der Waals surface area contributed by atoms with Gasteiger partial charge in [-0.25, -0.2) is 9.59 Å². The molecular weight excluding hydrogens is 324 g/mol. The number of carboxylic acids is 2. The van der Waals surface area contributed by atoms with Gasteiger partial charge in [0.25, 0.3) is 0 Å². The number of aliphatic carboxylic acids is 2. The number of nitrogens with two attached hydrogens (primary N) is 2. The number of ether oxygens (including phenoxy) is 2. The monoisotopic (exact) mass is 352 g/mol. The highest BCUT2D eigenvalue weighted by atomic mass is 16.5. The van der Waals surface area contributed by atoms with Crippen molar-refractivity contribution in [2.75, 3.05) is 26.4 Å². The Morgan fingerprint density at radius 2 is 1.17 bits per heavy atom. The fraction of sp³-hybridized carbons (Fsp3) is 0.857. The molecule has 24 heavy (non-hydrogen) atoms. The summed E-state index contributed by atoms with van der Waals surface area (Å²) in [5.41, 5.74) is 11.2. The Labute approximate surface area is 140 Å². The van der Waals surface area contributed by atoms with E-state index in [0.29, 0.717) is 13.2 Å². The lowest BCUT2D eigenvalue weighted by molar-refractivity contribution is -0.159. The quantitative estimate of drug-likeness (QED) is 0.307. The maximum Gasteiger partial charge on any atom is 0.414 e. The molecule has 2 saturated heterocycles. The molecule has 0 aromatic heterocycles. The van der Waals surface area contributed by atoms with Crippen molar-refractivity contribution in [2.24, 2.45) is 11.5 Å². The Balaban J connectivity index is 0.000000340. The Bertz CT molecular complexity index is 335. The molecule has 4 unspecified atom stereocenters. The molecule has 0 radical (unpaired) electrons. The second-order valence-corrected chi connectivity index (χ2v) is 5.53. The van der Waals surface area contributed by atoms with Crippen molar-refractivity contribution in [1.82, 2.24) is 0 Å². The molecule has 4 atom stereocenters. The second kappa shape index (κ2) is 13.0.